The van der Waals surface area contributed by atoms with Gasteiger partial charge in [-0.2, -0.15) is 0 Å². The molecule has 0 aliphatic carbocycles. The zero-order valence-corrected chi connectivity index (χ0v) is 11.6. The van der Waals surface area contributed by atoms with Gasteiger partial charge >= 0.3 is 5.76 Å². The van der Waals surface area contributed by atoms with Crippen LogP contribution in [-0.4, -0.2) is 17.7 Å². The molecule has 0 aliphatic rings. The molecule has 5 nitrogen and oxygen atoms in total. The number of nitrogens with two attached hydrogens (primary N) is 1. The first-order chi connectivity index (χ1) is 9.02. The predicted octanol–water partition coefficient (Wildman–Crippen LogP) is 1.77. The Morgan fingerprint density at radius 2 is 2.16 bits per heavy atom. The smallest absolute Gasteiger partial charge is 0.408 e. The maximum atomic E-state index is 11.4. The second-order valence-corrected chi connectivity index (χ2v) is 5.23. The lowest BCUT2D eigenvalue weighted by Gasteiger charge is -2.19. The standard InChI is InChI=1S/C14H21N3O2/c1-9(2)10(7-15)8-16-11-4-5-12-13(6-11)19-14(18)17(12)3/h4-6,9-10,16H,7-8,15H2,1-3H3. The van der Waals surface area contributed by atoms with Crippen LogP contribution in [0.3, 0.4) is 0 Å². The molecule has 0 saturated carbocycles. The lowest BCUT2D eigenvalue weighted by molar-refractivity contribution is 0.413. The predicted molar refractivity (Wildman–Crippen MR) is 77.3 cm³/mol. The first-order valence-electron chi connectivity index (χ1n) is 6.56. The fourth-order valence-electron chi connectivity index (χ4n) is 2.08. The molecule has 1 aromatic heterocycles. The number of benzene rings is 1. The third kappa shape index (κ3) is 2.81. The SMILES string of the molecule is CC(C)C(CN)CNc1ccc2c(c1)oc(=O)n2C. The minimum atomic E-state index is -0.339. The van der Waals surface area contributed by atoms with Gasteiger partial charge in [-0.3, -0.25) is 4.57 Å². The molecular formula is C14H21N3O2. The molecular weight excluding hydrogens is 242 g/mol. The lowest BCUT2D eigenvalue weighted by Crippen LogP contribution is -2.27. The number of hydrogen-bond donors (Lipinski definition) is 2. The molecule has 0 amide bonds. The van der Waals surface area contributed by atoms with Crippen molar-refractivity contribution in [1.82, 2.24) is 4.57 Å². The van der Waals surface area contributed by atoms with E-state index in [1.165, 1.54) is 4.57 Å². The van der Waals surface area contributed by atoms with Crippen molar-refractivity contribution < 1.29 is 4.42 Å². The minimum Gasteiger partial charge on any atom is -0.408 e. The first-order valence-corrected chi connectivity index (χ1v) is 6.56. The number of aryl methyl sites for hydroxylation is 1. The Bertz CT molecular complexity index is 613. The lowest BCUT2D eigenvalue weighted by atomic mass is 9.96. The number of anilines is 1. The first kappa shape index (κ1) is 13.7. The highest BCUT2D eigenvalue weighted by Gasteiger charge is 2.11. The van der Waals surface area contributed by atoms with Gasteiger partial charge in [0.25, 0.3) is 0 Å². The average Bonchev–Trinajstić information content (AvgIpc) is 2.65. The molecule has 19 heavy (non-hydrogen) atoms. The van der Waals surface area contributed by atoms with Gasteiger partial charge in [-0.25, -0.2) is 4.79 Å². The monoisotopic (exact) mass is 263 g/mol. The van der Waals surface area contributed by atoms with E-state index in [9.17, 15) is 4.79 Å². The quantitative estimate of drug-likeness (QED) is 0.862. The van der Waals surface area contributed by atoms with Gasteiger partial charge in [0.1, 0.15) is 0 Å². The molecule has 104 valence electrons. The van der Waals surface area contributed by atoms with Crippen LogP contribution >= 0.6 is 0 Å². The fraction of sp³-hybridized carbons (Fsp3) is 0.500. The van der Waals surface area contributed by atoms with Crippen LogP contribution in [0.2, 0.25) is 0 Å². The summed E-state index contributed by atoms with van der Waals surface area (Å²) in [6, 6.07) is 5.69. The molecule has 1 aromatic carbocycles. The maximum Gasteiger partial charge on any atom is 0.419 e. The van der Waals surface area contributed by atoms with Crippen LogP contribution in [0.15, 0.2) is 27.4 Å². The van der Waals surface area contributed by atoms with E-state index in [2.05, 4.69) is 19.2 Å². The Labute approximate surface area is 112 Å². The van der Waals surface area contributed by atoms with Gasteiger partial charge in [-0.15, -0.1) is 0 Å². The number of fused-ring (bicyclic) bond motifs is 1. The number of oxazole rings is 1. The topological polar surface area (TPSA) is 73.2 Å². The minimum absolute atomic E-state index is 0.339. The van der Waals surface area contributed by atoms with Gasteiger partial charge in [0.05, 0.1) is 5.52 Å². The molecule has 0 aliphatic heterocycles. The second kappa shape index (κ2) is 5.48. The normalized spacial score (nSPS) is 13.1. The third-order valence-electron chi connectivity index (χ3n) is 3.61. The van der Waals surface area contributed by atoms with Gasteiger partial charge in [-0.05, 0) is 30.5 Å². The number of nitrogens with zero attached hydrogens (tertiary/aromatic N) is 1. The van der Waals surface area contributed by atoms with Crippen LogP contribution in [0.4, 0.5) is 5.69 Å². The van der Waals surface area contributed by atoms with Crippen molar-refractivity contribution in [1.29, 1.82) is 0 Å². The number of rotatable bonds is 5. The Kier molecular flexibility index (Phi) is 3.95. The van der Waals surface area contributed by atoms with E-state index < -0.39 is 0 Å². The van der Waals surface area contributed by atoms with Crippen molar-refractivity contribution in [2.45, 2.75) is 13.8 Å². The molecule has 2 aromatic rings. The van der Waals surface area contributed by atoms with Gasteiger partial charge < -0.3 is 15.5 Å². The molecule has 0 fully saturated rings. The maximum absolute atomic E-state index is 11.4. The molecule has 0 bridgehead atoms. The van der Waals surface area contributed by atoms with Gasteiger partial charge in [0.2, 0.25) is 0 Å². The van der Waals surface area contributed by atoms with Crippen molar-refractivity contribution in [3.8, 4) is 0 Å². The molecule has 0 spiro atoms. The Morgan fingerprint density at radius 1 is 1.42 bits per heavy atom. The summed E-state index contributed by atoms with van der Waals surface area (Å²) < 4.78 is 6.66. The average molecular weight is 263 g/mol. The molecule has 0 saturated heterocycles. The van der Waals surface area contributed by atoms with E-state index in [1.54, 1.807) is 7.05 Å². The number of aromatic nitrogens is 1. The van der Waals surface area contributed by atoms with E-state index in [0.29, 0.717) is 24.0 Å². The summed E-state index contributed by atoms with van der Waals surface area (Å²) in [4.78, 5) is 11.4. The summed E-state index contributed by atoms with van der Waals surface area (Å²) in [7, 11) is 1.70. The Morgan fingerprint density at radius 3 is 2.79 bits per heavy atom. The summed E-state index contributed by atoms with van der Waals surface area (Å²) in [5.74, 6) is 0.628. The summed E-state index contributed by atoms with van der Waals surface area (Å²) >= 11 is 0. The molecule has 1 unspecified atom stereocenters. The van der Waals surface area contributed by atoms with Crippen molar-refractivity contribution in [3.05, 3.63) is 28.7 Å². The van der Waals surface area contributed by atoms with Crippen molar-refractivity contribution in [3.63, 3.8) is 0 Å². The van der Waals surface area contributed by atoms with Crippen molar-refractivity contribution in [2.24, 2.45) is 24.6 Å². The van der Waals surface area contributed by atoms with E-state index in [0.717, 1.165) is 17.7 Å². The van der Waals surface area contributed by atoms with Crippen LogP contribution in [0.25, 0.3) is 11.1 Å². The molecule has 1 heterocycles. The second-order valence-electron chi connectivity index (χ2n) is 5.23. The molecule has 3 N–H and O–H groups in total. The third-order valence-corrected chi connectivity index (χ3v) is 3.61. The fourth-order valence-corrected chi connectivity index (χ4v) is 2.08. The van der Waals surface area contributed by atoms with Crippen LogP contribution in [0.5, 0.6) is 0 Å². The van der Waals surface area contributed by atoms with Crippen molar-refractivity contribution >= 4 is 16.8 Å². The highest BCUT2D eigenvalue weighted by Crippen LogP contribution is 2.19. The highest BCUT2D eigenvalue weighted by atomic mass is 16.4. The summed E-state index contributed by atoms with van der Waals surface area (Å²) in [5, 5.41) is 3.35. The Balaban J connectivity index is 2.16. The number of nitrogens with one attached hydrogen (secondary N) is 1. The highest BCUT2D eigenvalue weighted by molar-refractivity contribution is 5.77. The summed E-state index contributed by atoms with van der Waals surface area (Å²) in [5.41, 5.74) is 8.10. The molecule has 5 heteroatoms. The van der Waals surface area contributed by atoms with Crippen LogP contribution in [0.1, 0.15) is 13.8 Å². The van der Waals surface area contributed by atoms with E-state index in [4.69, 9.17) is 10.2 Å². The van der Waals surface area contributed by atoms with Gasteiger partial charge in [-0.1, -0.05) is 13.8 Å². The summed E-state index contributed by atoms with van der Waals surface area (Å²) in [6.07, 6.45) is 0. The van der Waals surface area contributed by atoms with Gasteiger partial charge in [0, 0.05) is 25.3 Å². The molecule has 2 rings (SSSR count). The largest absolute Gasteiger partial charge is 0.419 e. The van der Waals surface area contributed by atoms with Crippen molar-refractivity contribution in [2.75, 3.05) is 18.4 Å². The van der Waals surface area contributed by atoms with Crippen LogP contribution < -0.4 is 16.8 Å². The number of hydrogen-bond acceptors (Lipinski definition) is 4. The van der Waals surface area contributed by atoms with Gasteiger partial charge in [0.15, 0.2) is 5.58 Å². The van der Waals surface area contributed by atoms with Crippen LogP contribution in [-0.2, 0) is 7.05 Å². The molecule has 1 atom stereocenters. The van der Waals surface area contributed by atoms with E-state index in [1.807, 2.05) is 18.2 Å². The zero-order chi connectivity index (χ0) is 14.0. The van der Waals surface area contributed by atoms with E-state index >= 15 is 0 Å². The zero-order valence-electron chi connectivity index (χ0n) is 11.6. The van der Waals surface area contributed by atoms with E-state index in [-0.39, 0.29) is 5.76 Å². The van der Waals surface area contributed by atoms with Crippen LogP contribution in [0, 0.1) is 11.8 Å². The Hall–Kier alpha value is -1.75. The summed E-state index contributed by atoms with van der Waals surface area (Å²) in [6.45, 7) is 5.81. The molecule has 0 radical (unpaired) electrons.